The zero-order chi connectivity index (χ0) is 11.7. The molecule has 1 aromatic rings. The number of piperidine rings is 1. The van der Waals surface area contributed by atoms with Crippen molar-refractivity contribution in [3.63, 3.8) is 0 Å². The quantitative estimate of drug-likeness (QED) is 0.833. The van der Waals surface area contributed by atoms with Gasteiger partial charge in [-0.05, 0) is 18.4 Å². The number of hydrogen-bond acceptors (Lipinski definition) is 2. The van der Waals surface area contributed by atoms with E-state index in [0.29, 0.717) is 6.04 Å². The predicted octanol–water partition coefficient (Wildman–Crippen LogP) is 1.40. The summed E-state index contributed by atoms with van der Waals surface area (Å²) in [5, 5.41) is 3.11. The third-order valence-electron chi connectivity index (χ3n) is 3.79. The molecule has 0 aliphatic carbocycles. The van der Waals surface area contributed by atoms with Crippen LogP contribution in [0.1, 0.15) is 18.4 Å². The molecule has 1 N–H and O–H groups in total. The molecule has 3 nitrogen and oxygen atoms in total. The first-order valence-corrected chi connectivity index (χ1v) is 6.38. The molecule has 1 aromatic carbocycles. The molecule has 3 aliphatic heterocycles. The molecule has 0 aromatic heterocycles. The van der Waals surface area contributed by atoms with E-state index in [1.54, 1.807) is 0 Å². The standard InChI is InChI=1S/C14H18N2O/c17-14-12-6-7-13(15-14)10-16(9-12)8-11-4-2-1-3-5-11/h1-5,12-13H,6-10H2,(H,15,17)/t12-,13+/m0/s1. The summed E-state index contributed by atoms with van der Waals surface area (Å²) in [6.45, 7) is 2.87. The largest absolute Gasteiger partial charge is 0.352 e. The summed E-state index contributed by atoms with van der Waals surface area (Å²) in [5.74, 6) is 0.467. The van der Waals surface area contributed by atoms with Crippen LogP contribution in [0.2, 0.25) is 0 Å². The second-order valence-electron chi connectivity index (χ2n) is 5.16. The molecule has 4 rings (SSSR count). The smallest absolute Gasteiger partial charge is 0.224 e. The first-order chi connectivity index (χ1) is 8.31. The molecular weight excluding hydrogens is 212 g/mol. The Hall–Kier alpha value is -1.35. The van der Waals surface area contributed by atoms with Gasteiger partial charge in [0, 0.05) is 25.7 Å². The van der Waals surface area contributed by atoms with Crippen LogP contribution in [0.5, 0.6) is 0 Å². The maximum atomic E-state index is 11.7. The molecule has 0 radical (unpaired) electrons. The molecule has 3 saturated heterocycles. The number of nitrogens with one attached hydrogen (secondary N) is 1. The number of carbonyl (C=O) groups is 1. The Morgan fingerprint density at radius 1 is 1.18 bits per heavy atom. The van der Waals surface area contributed by atoms with Crippen LogP contribution < -0.4 is 5.32 Å². The molecule has 3 heterocycles. The Morgan fingerprint density at radius 2 is 2.00 bits per heavy atom. The van der Waals surface area contributed by atoms with E-state index in [4.69, 9.17) is 0 Å². The molecule has 3 fully saturated rings. The normalized spacial score (nSPS) is 28.8. The van der Waals surface area contributed by atoms with E-state index in [2.05, 4.69) is 34.5 Å². The highest BCUT2D eigenvalue weighted by molar-refractivity contribution is 5.80. The summed E-state index contributed by atoms with van der Waals surface area (Å²) in [6.07, 6.45) is 2.20. The number of carbonyl (C=O) groups excluding carboxylic acids is 1. The van der Waals surface area contributed by atoms with Crippen molar-refractivity contribution >= 4 is 5.91 Å². The molecule has 2 bridgehead atoms. The lowest BCUT2D eigenvalue weighted by Crippen LogP contribution is -2.43. The monoisotopic (exact) mass is 230 g/mol. The van der Waals surface area contributed by atoms with E-state index < -0.39 is 0 Å². The van der Waals surface area contributed by atoms with E-state index in [-0.39, 0.29) is 11.8 Å². The van der Waals surface area contributed by atoms with Crippen molar-refractivity contribution < 1.29 is 4.79 Å². The highest BCUT2D eigenvalue weighted by atomic mass is 16.2. The zero-order valence-corrected chi connectivity index (χ0v) is 9.93. The average molecular weight is 230 g/mol. The van der Waals surface area contributed by atoms with Crippen molar-refractivity contribution in [2.45, 2.75) is 25.4 Å². The van der Waals surface area contributed by atoms with E-state index in [0.717, 1.165) is 32.5 Å². The second-order valence-corrected chi connectivity index (χ2v) is 5.16. The van der Waals surface area contributed by atoms with E-state index >= 15 is 0 Å². The van der Waals surface area contributed by atoms with Gasteiger partial charge >= 0.3 is 0 Å². The van der Waals surface area contributed by atoms with E-state index in [1.165, 1.54) is 5.56 Å². The number of benzene rings is 1. The van der Waals surface area contributed by atoms with Crippen LogP contribution in [0, 0.1) is 5.92 Å². The van der Waals surface area contributed by atoms with E-state index in [1.807, 2.05) is 6.07 Å². The summed E-state index contributed by atoms with van der Waals surface area (Å²) in [4.78, 5) is 14.1. The van der Waals surface area contributed by atoms with Crippen LogP contribution in [0.3, 0.4) is 0 Å². The van der Waals surface area contributed by atoms with Gasteiger partial charge in [0.05, 0.1) is 5.92 Å². The third-order valence-corrected chi connectivity index (χ3v) is 3.79. The van der Waals surface area contributed by atoms with Gasteiger partial charge in [-0.2, -0.15) is 0 Å². The molecule has 0 spiro atoms. The lowest BCUT2D eigenvalue weighted by atomic mass is 9.96. The highest BCUT2D eigenvalue weighted by Gasteiger charge is 2.34. The van der Waals surface area contributed by atoms with Gasteiger partial charge in [0.25, 0.3) is 0 Å². The van der Waals surface area contributed by atoms with Gasteiger partial charge < -0.3 is 5.32 Å². The fourth-order valence-corrected chi connectivity index (χ4v) is 2.90. The van der Waals surface area contributed by atoms with Gasteiger partial charge in [-0.1, -0.05) is 30.3 Å². The van der Waals surface area contributed by atoms with Crippen molar-refractivity contribution in [1.82, 2.24) is 10.2 Å². The van der Waals surface area contributed by atoms with Crippen molar-refractivity contribution in [3.05, 3.63) is 35.9 Å². The molecule has 0 unspecified atom stereocenters. The number of nitrogens with zero attached hydrogens (tertiary/aromatic N) is 1. The Balaban J connectivity index is 1.71. The highest BCUT2D eigenvalue weighted by Crippen LogP contribution is 2.23. The Labute approximate surface area is 102 Å². The van der Waals surface area contributed by atoms with Crippen LogP contribution in [-0.2, 0) is 11.3 Å². The number of fused-ring (bicyclic) bond motifs is 4. The van der Waals surface area contributed by atoms with Crippen LogP contribution in [0.25, 0.3) is 0 Å². The maximum Gasteiger partial charge on any atom is 0.224 e. The zero-order valence-electron chi connectivity index (χ0n) is 9.93. The minimum absolute atomic E-state index is 0.206. The van der Waals surface area contributed by atoms with Crippen molar-refractivity contribution in [3.8, 4) is 0 Å². The van der Waals surface area contributed by atoms with Crippen molar-refractivity contribution in [1.29, 1.82) is 0 Å². The number of amides is 1. The Bertz CT molecular complexity index is 404. The van der Waals surface area contributed by atoms with Crippen LogP contribution >= 0.6 is 0 Å². The summed E-state index contributed by atoms with van der Waals surface area (Å²) in [5.41, 5.74) is 1.33. The van der Waals surface area contributed by atoms with E-state index in [9.17, 15) is 4.79 Å². The van der Waals surface area contributed by atoms with Gasteiger partial charge in [0.15, 0.2) is 0 Å². The molecule has 90 valence electrons. The van der Waals surface area contributed by atoms with Crippen molar-refractivity contribution in [2.24, 2.45) is 5.92 Å². The van der Waals surface area contributed by atoms with Crippen LogP contribution in [0.4, 0.5) is 0 Å². The third kappa shape index (κ3) is 2.34. The lowest BCUT2D eigenvalue weighted by Gasteiger charge is -2.23. The maximum absolute atomic E-state index is 11.7. The Kier molecular flexibility index (Phi) is 2.85. The van der Waals surface area contributed by atoms with Crippen molar-refractivity contribution in [2.75, 3.05) is 13.1 Å². The summed E-state index contributed by atoms with van der Waals surface area (Å²) >= 11 is 0. The fraction of sp³-hybridized carbons (Fsp3) is 0.500. The Morgan fingerprint density at radius 3 is 2.76 bits per heavy atom. The van der Waals surface area contributed by atoms with Crippen LogP contribution in [-0.4, -0.2) is 29.9 Å². The second kappa shape index (κ2) is 4.49. The van der Waals surface area contributed by atoms with Crippen LogP contribution in [0.15, 0.2) is 30.3 Å². The average Bonchev–Trinajstić information content (AvgIpc) is 2.60. The topological polar surface area (TPSA) is 32.3 Å². The van der Waals surface area contributed by atoms with Gasteiger partial charge in [-0.3, -0.25) is 9.69 Å². The number of hydrogen-bond donors (Lipinski definition) is 1. The summed E-state index contributed by atoms with van der Waals surface area (Å²) < 4.78 is 0. The van der Waals surface area contributed by atoms with Gasteiger partial charge in [0.2, 0.25) is 5.91 Å². The van der Waals surface area contributed by atoms with Gasteiger partial charge in [-0.15, -0.1) is 0 Å². The summed E-state index contributed by atoms with van der Waals surface area (Å²) in [6, 6.07) is 10.9. The lowest BCUT2D eigenvalue weighted by molar-refractivity contribution is -0.126. The molecule has 2 atom stereocenters. The molecule has 3 heteroatoms. The predicted molar refractivity (Wildman–Crippen MR) is 66.4 cm³/mol. The van der Waals surface area contributed by atoms with Gasteiger partial charge in [0.1, 0.15) is 0 Å². The first-order valence-electron chi connectivity index (χ1n) is 6.38. The molecule has 1 amide bonds. The minimum Gasteiger partial charge on any atom is -0.352 e. The fourth-order valence-electron chi connectivity index (χ4n) is 2.90. The summed E-state index contributed by atoms with van der Waals surface area (Å²) in [7, 11) is 0. The minimum atomic E-state index is 0.206. The molecule has 17 heavy (non-hydrogen) atoms. The number of rotatable bonds is 2. The SMILES string of the molecule is O=C1N[C@@H]2CC[C@H]1CN(Cc1ccccc1)C2. The molecular formula is C14H18N2O. The van der Waals surface area contributed by atoms with Gasteiger partial charge in [-0.25, -0.2) is 0 Å². The molecule has 0 saturated carbocycles. The molecule has 3 aliphatic rings. The first kappa shape index (κ1) is 10.8.